The fourth-order valence-corrected chi connectivity index (χ4v) is 4.13. The van der Waals surface area contributed by atoms with E-state index in [1.165, 1.54) is 10.4 Å². The second-order valence-electron chi connectivity index (χ2n) is 6.73. The van der Waals surface area contributed by atoms with Gasteiger partial charge in [-0.3, -0.25) is 9.89 Å². The summed E-state index contributed by atoms with van der Waals surface area (Å²) in [5.74, 6) is 0. The predicted octanol–water partition coefficient (Wildman–Crippen LogP) is 5.17. The predicted molar refractivity (Wildman–Crippen MR) is 115 cm³/mol. The van der Waals surface area contributed by atoms with Crippen LogP contribution in [0, 0.1) is 0 Å². The van der Waals surface area contributed by atoms with Gasteiger partial charge < -0.3 is 4.57 Å². The lowest BCUT2D eigenvalue weighted by molar-refractivity contribution is 0.761. The molecule has 0 bridgehead atoms. The topological polar surface area (TPSA) is 50.7 Å². The molecule has 0 fully saturated rings. The van der Waals surface area contributed by atoms with Gasteiger partial charge in [-0.25, -0.2) is 0 Å². The molecule has 0 spiro atoms. The van der Waals surface area contributed by atoms with Crippen molar-refractivity contribution in [2.75, 3.05) is 0 Å². The number of aromatic amines is 1. The van der Waals surface area contributed by atoms with E-state index in [-0.39, 0.29) is 5.56 Å². The molecule has 3 heterocycles. The van der Waals surface area contributed by atoms with Crippen molar-refractivity contribution in [3.8, 4) is 21.6 Å². The lowest BCUT2D eigenvalue weighted by Gasteiger charge is -2.10. The van der Waals surface area contributed by atoms with Crippen LogP contribution in [0.2, 0.25) is 0 Å². The van der Waals surface area contributed by atoms with E-state index in [0.29, 0.717) is 6.54 Å². The van der Waals surface area contributed by atoms with Crippen molar-refractivity contribution >= 4 is 22.2 Å². The highest BCUT2D eigenvalue weighted by atomic mass is 32.1. The summed E-state index contributed by atoms with van der Waals surface area (Å²) in [5, 5.41) is 10.2. The van der Waals surface area contributed by atoms with Crippen molar-refractivity contribution in [3.05, 3.63) is 100 Å². The van der Waals surface area contributed by atoms with Gasteiger partial charge in [0.25, 0.3) is 5.56 Å². The Morgan fingerprint density at radius 3 is 2.75 bits per heavy atom. The zero-order valence-corrected chi connectivity index (χ0v) is 15.8. The Balaban J connectivity index is 1.50. The van der Waals surface area contributed by atoms with E-state index in [4.69, 9.17) is 0 Å². The number of thiophene rings is 1. The van der Waals surface area contributed by atoms with Crippen LogP contribution in [0.3, 0.4) is 0 Å². The molecule has 0 aliphatic heterocycles. The Kier molecular flexibility index (Phi) is 4.14. The minimum absolute atomic E-state index is 0.00658. The highest BCUT2D eigenvalue weighted by Gasteiger charge is 2.06. The molecule has 4 nitrogen and oxygen atoms in total. The maximum absolute atomic E-state index is 12.4. The summed E-state index contributed by atoms with van der Waals surface area (Å²) in [7, 11) is 0. The second kappa shape index (κ2) is 6.94. The monoisotopic (exact) mass is 383 g/mol. The van der Waals surface area contributed by atoms with Gasteiger partial charge in [0, 0.05) is 22.5 Å². The first kappa shape index (κ1) is 16.7. The molecule has 1 N–H and O–H groups in total. The van der Waals surface area contributed by atoms with E-state index >= 15 is 0 Å². The summed E-state index contributed by atoms with van der Waals surface area (Å²) in [4.78, 5) is 13.7. The molecule has 0 aliphatic carbocycles. The average molecular weight is 383 g/mol. The zero-order chi connectivity index (χ0) is 18.9. The quantitative estimate of drug-likeness (QED) is 0.465. The van der Waals surface area contributed by atoms with Crippen LogP contribution in [-0.2, 0) is 6.54 Å². The Morgan fingerprint density at radius 2 is 1.86 bits per heavy atom. The number of benzene rings is 2. The van der Waals surface area contributed by atoms with Crippen molar-refractivity contribution < 1.29 is 0 Å². The molecule has 0 saturated carbocycles. The maximum Gasteiger partial charge on any atom is 0.250 e. The van der Waals surface area contributed by atoms with E-state index in [9.17, 15) is 4.79 Å². The van der Waals surface area contributed by atoms with Gasteiger partial charge in [0.1, 0.15) is 0 Å². The van der Waals surface area contributed by atoms with Gasteiger partial charge in [-0.15, -0.1) is 11.3 Å². The molecule has 0 saturated heterocycles. The molecular weight excluding hydrogens is 366 g/mol. The molecule has 0 atom stereocenters. The first-order valence-corrected chi connectivity index (χ1v) is 9.91. The number of H-pyrrole nitrogens is 1. The molecular formula is C23H17N3OS. The van der Waals surface area contributed by atoms with Crippen LogP contribution < -0.4 is 5.56 Å². The van der Waals surface area contributed by atoms with Crippen molar-refractivity contribution in [2.24, 2.45) is 0 Å². The van der Waals surface area contributed by atoms with E-state index < -0.39 is 0 Å². The van der Waals surface area contributed by atoms with Crippen molar-refractivity contribution in [1.82, 2.24) is 14.8 Å². The summed E-state index contributed by atoms with van der Waals surface area (Å²) < 4.78 is 1.76. The van der Waals surface area contributed by atoms with Crippen LogP contribution >= 0.6 is 11.3 Å². The molecule has 28 heavy (non-hydrogen) atoms. The first-order chi connectivity index (χ1) is 13.8. The van der Waals surface area contributed by atoms with Gasteiger partial charge >= 0.3 is 0 Å². The number of hydrogen-bond donors (Lipinski definition) is 1. The number of nitrogens with zero attached hydrogens (tertiary/aromatic N) is 2. The maximum atomic E-state index is 12.4. The normalized spacial score (nSPS) is 11.1. The van der Waals surface area contributed by atoms with Crippen LogP contribution in [-0.4, -0.2) is 14.8 Å². The Morgan fingerprint density at radius 1 is 0.929 bits per heavy atom. The number of nitrogens with one attached hydrogen (secondary N) is 1. The van der Waals surface area contributed by atoms with Crippen LogP contribution in [0.5, 0.6) is 0 Å². The summed E-state index contributed by atoms with van der Waals surface area (Å²) in [6.07, 6.45) is 3.73. The summed E-state index contributed by atoms with van der Waals surface area (Å²) in [5.41, 5.74) is 5.32. The minimum Gasteiger partial charge on any atom is -0.310 e. The number of fused-ring (bicyclic) bond motifs is 1. The van der Waals surface area contributed by atoms with E-state index in [2.05, 4.69) is 58.0 Å². The zero-order valence-electron chi connectivity index (χ0n) is 15.0. The van der Waals surface area contributed by atoms with Crippen molar-refractivity contribution in [1.29, 1.82) is 0 Å². The number of pyridine rings is 1. The molecule has 5 aromatic rings. The van der Waals surface area contributed by atoms with Gasteiger partial charge in [-0.1, -0.05) is 36.4 Å². The summed E-state index contributed by atoms with van der Waals surface area (Å²) >= 11 is 1.72. The largest absolute Gasteiger partial charge is 0.310 e. The van der Waals surface area contributed by atoms with Gasteiger partial charge in [-0.2, -0.15) is 5.10 Å². The fraction of sp³-hybridized carbons (Fsp3) is 0.0435. The molecule has 5 rings (SSSR count). The van der Waals surface area contributed by atoms with Crippen LogP contribution in [0.1, 0.15) is 5.56 Å². The molecule has 0 aliphatic rings. The van der Waals surface area contributed by atoms with Crippen LogP contribution in [0.15, 0.2) is 89.3 Å². The van der Waals surface area contributed by atoms with Gasteiger partial charge in [-0.05, 0) is 51.9 Å². The van der Waals surface area contributed by atoms with Crippen LogP contribution in [0.4, 0.5) is 0 Å². The SMILES string of the molecule is O=c1ccc(-c2ccc3cn[nH]c3c2)cn1Cc1cccc(-c2cccs2)c1. The first-order valence-electron chi connectivity index (χ1n) is 9.03. The Labute approximate surface area is 165 Å². The lowest BCUT2D eigenvalue weighted by Crippen LogP contribution is -2.19. The average Bonchev–Trinajstić information content (AvgIpc) is 3.41. The number of rotatable bonds is 4. The summed E-state index contributed by atoms with van der Waals surface area (Å²) in [6, 6.07) is 22.2. The molecule has 5 heteroatoms. The minimum atomic E-state index is -0.00658. The van der Waals surface area contributed by atoms with E-state index in [1.807, 2.05) is 24.4 Å². The van der Waals surface area contributed by atoms with Gasteiger partial charge in [0.15, 0.2) is 0 Å². The molecule has 3 aromatic heterocycles. The van der Waals surface area contributed by atoms with E-state index in [0.717, 1.165) is 27.6 Å². The third-order valence-electron chi connectivity index (χ3n) is 4.84. The summed E-state index contributed by atoms with van der Waals surface area (Å²) in [6.45, 7) is 0.540. The van der Waals surface area contributed by atoms with E-state index in [1.54, 1.807) is 28.2 Å². The molecule has 2 aromatic carbocycles. The Bertz CT molecular complexity index is 1320. The standard InChI is InChI=1S/C23H17N3OS/c27-23-9-8-20(17-6-7-19-13-24-25-21(19)12-17)15-26(23)14-16-3-1-4-18(11-16)22-5-2-10-28-22/h1-13,15H,14H2,(H,24,25). The van der Waals surface area contributed by atoms with Crippen molar-refractivity contribution in [2.45, 2.75) is 6.54 Å². The molecule has 0 unspecified atom stereocenters. The smallest absolute Gasteiger partial charge is 0.250 e. The Hall–Kier alpha value is -3.44. The lowest BCUT2D eigenvalue weighted by atomic mass is 10.1. The molecule has 0 amide bonds. The van der Waals surface area contributed by atoms with Crippen LogP contribution in [0.25, 0.3) is 32.5 Å². The highest BCUT2D eigenvalue weighted by Crippen LogP contribution is 2.26. The number of hydrogen-bond acceptors (Lipinski definition) is 3. The van der Waals surface area contributed by atoms with Gasteiger partial charge in [0.2, 0.25) is 0 Å². The third kappa shape index (κ3) is 3.17. The fourth-order valence-electron chi connectivity index (χ4n) is 3.40. The van der Waals surface area contributed by atoms with Gasteiger partial charge in [0.05, 0.1) is 18.3 Å². The highest BCUT2D eigenvalue weighted by molar-refractivity contribution is 7.13. The molecule has 136 valence electrons. The second-order valence-corrected chi connectivity index (χ2v) is 7.68. The molecule has 0 radical (unpaired) electrons. The van der Waals surface area contributed by atoms with Crippen molar-refractivity contribution in [3.63, 3.8) is 0 Å². The third-order valence-corrected chi connectivity index (χ3v) is 5.76. The number of aromatic nitrogens is 3.